The number of nitrogens with one attached hydrogen (secondary N) is 2. The summed E-state index contributed by atoms with van der Waals surface area (Å²) in [6.45, 7) is 9.67. The summed E-state index contributed by atoms with van der Waals surface area (Å²) in [5.41, 5.74) is 9.09. The van der Waals surface area contributed by atoms with Crippen LogP contribution < -0.4 is 19.8 Å². The van der Waals surface area contributed by atoms with Crippen LogP contribution in [0.4, 0.5) is 11.4 Å². The summed E-state index contributed by atoms with van der Waals surface area (Å²) in [6.07, 6.45) is 11.5. The van der Waals surface area contributed by atoms with Crippen LogP contribution in [0.25, 0.3) is 28.3 Å². The number of carbonyl (C=O) groups excluding carboxylic acids is 2. The lowest BCUT2D eigenvalue weighted by Gasteiger charge is -2.07. The first-order valence-electron chi connectivity index (χ1n) is 20.2. The third-order valence-corrected chi connectivity index (χ3v) is 11.3. The van der Waals surface area contributed by atoms with E-state index in [9.17, 15) is 35.5 Å². The van der Waals surface area contributed by atoms with Crippen LogP contribution in [-0.4, -0.2) is 37.8 Å². The Morgan fingerprint density at radius 2 is 0.938 bits per heavy atom. The van der Waals surface area contributed by atoms with Crippen molar-refractivity contribution in [2.24, 2.45) is 0 Å². The van der Waals surface area contributed by atoms with Gasteiger partial charge in [0.15, 0.2) is 24.8 Å². The van der Waals surface area contributed by atoms with Crippen molar-refractivity contribution in [3.63, 3.8) is 0 Å². The Morgan fingerprint density at radius 3 is 1.33 bits per heavy atom. The molecule has 2 N–H and O–H groups in total. The van der Waals surface area contributed by atoms with Gasteiger partial charge in [-0.05, 0) is 123 Å². The standard InChI is InChI=1S/C36H32N4O2.2C7H8O3S/c1-3-39-23-5-7-31(25-39)28-14-18-33(19-15-28)37-35(41)22-11-27-9-12-30(13-10-27)36(42)38-34-20-16-29(17-21-34)32-8-6-24-40(4-2)26-32;2*1-6-2-4-7(5-3-6)11(8,9)10/h5-26H,3-4H2,1-2H3;2*2-5H,1H3,(H,8,9,10). The molecule has 0 radical (unpaired) electrons. The average molecular weight is 897 g/mol. The molecular weight excluding hydrogens is 849 g/mol. The molecule has 2 aromatic heterocycles. The molecule has 14 heteroatoms. The second-order valence-electron chi connectivity index (χ2n) is 14.4. The minimum atomic E-state index is -4.27. The van der Waals surface area contributed by atoms with E-state index in [-0.39, 0.29) is 21.6 Å². The molecule has 0 spiro atoms. The maximum atomic E-state index is 12.8. The first-order valence-corrected chi connectivity index (χ1v) is 23.0. The van der Waals surface area contributed by atoms with E-state index in [0.717, 1.165) is 63.4 Å². The number of amides is 2. The highest BCUT2D eigenvalue weighted by atomic mass is 32.2. The molecule has 0 atom stereocenters. The van der Waals surface area contributed by atoms with Gasteiger partial charge in [0.1, 0.15) is 33.3 Å². The molecular formula is C50H48N4O8S2. The monoisotopic (exact) mass is 896 g/mol. The summed E-state index contributed by atoms with van der Waals surface area (Å²) in [6, 6.07) is 42.5. The van der Waals surface area contributed by atoms with E-state index in [1.165, 1.54) is 30.3 Å². The van der Waals surface area contributed by atoms with Gasteiger partial charge in [-0.1, -0.05) is 71.8 Å². The zero-order chi connectivity index (χ0) is 46.3. The smallest absolute Gasteiger partial charge is 0.255 e. The van der Waals surface area contributed by atoms with Gasteiger partial charge in [-0.3, -0.25) is 9.59 Å². The zero-order valence-electron chi connectivity index (χ0n) is 35.7. The van der Waals surface area contributed by atoms with Crippen molar-refractivity contribution in [1.29, 1.82) is 0 Å². The van der Waals surface area contributed by atoms with E-state index in [2.05, 4.69) is 58.1 Å². The van der Waals surface area contributed by atoms with Crippen molar-refractivity contribution in [3.8, 4) is 22.3 Å². The fraction of sp³-hybridized carbons (Fsp3) is 0.120. The fourth-order valence-corrected chi connectivity index (χ4v) is 6.92. The lowest BCUT2D eigenvalue weighted by atomic mass is 10.1. The topological polar surface area (TPSA) is 180 Å². The Bertz CT molecular complexity index is 2850. The second-order valence-corrected chi connectivity index (χ2v) is 17.2. The minimum absolute atomic E-state index is 0.178. The Hall–Kier alpha value is -7.10. The van der Waals surface area contributed by atoms with Gasteiger partial charge in [-0.2, -0.15) is 0 Å². The molecule has 0 unspecified atom stereocenters. The van der Waals surface area contributed by atoms with E-state index >= 15 is 0 Å². The van der Waals surface area contributed by atoms with Crippen molar-refractivity contribution in [3.05, 3.63) is 199 Å². The normalized spacial score (nSPS) is 11.1. The molecule has 0 saturated carbocycles. The first kappa shape index (κ1) is 47.9. The fourth-order valence-electron chi connectivity index (χ4n) is 5.99. The van der Waals surface area contributed by atoms with Gasteiger partial charge in [0.25, 0.3) is 5.91 Å². The number of anilines is 2. The van der Waals surface area contributed by atoms with Gasteiger partial charge < -0.3 is 19.7 Å². The predicted molar refractivity (Wildman–Crippen MR) is 246 cm³/mol. The highest BCUT2D eigenvalue weighted by Gasteiger charge is 2.09. The van der Waals surface area contributed by atoms with Gasteiger partial charge in [0.2, 0.25) is 5.91 Å². The summed E-state index contributed by atoms with van der Waals surface area (Å²) in [5.74, 6) is -0.417. The lowest BCUT2D eigenvalue weighted by molar-refractivity contribution is -0.693. The minimum Gasteiger partial charge on any atom is -0.744 e. The molecule has 0 fully saturated rings. The molecule has 2 heterocycles. The summed E-state index contributed by atoms with van der Waals surface area (Å²) in [4.78, 5) is 24.9. The number of hydrogen-bond acceptors (Lipinski definition) is 8. The lowest BCUT2D eigenvalue weighted by Crippen LogP contribution is -2.30. The van der Waals surface area contributed by atoms with Crippen LogP contribution >= 0.6 is 0 Å². The first-order chi connectivity index (χ1) is 30.5. The van der Waals surface area contributed by atoms with Crippen LogP contribution in [-0.2, 0) is 38.1 Å². The van der Waals surface area contributed by atoms with Gasteiger partial charge in [-0.15, -0.1) is 0 Å². The van der Waals surface area contributed by atoms with Crippen molar-refractivity contribution in [2.45, 2.75) is 50.6 Å². The molecule has 7 rings (SSSR count). The van der Waals surface area contributed by atoms with Crippen molar-refractivity contribution in [1.82, 2.24) is 0 Å². The molecule has 0 aliphatic heterocycles. The van der Waals surface area contributed by atoms with E-state index < -0.39 is 20.2 Å². The Kier molecular flexibility index (Phi) is 16.7. The number of carbonyl (C=O) groups is 2. The molecule has 2 amide bonds. The Morgan fingerprint density at radius 1 is 0.531 bits per heavy atom. The van der Waals surface area contributed by atoms with Crippen LogP contribution in [0.15, 0.2) is 186 Å². The number of aromatic nitrogens is 2. The molecule has 0 saturated heterocycles. The van der Waals surface area contributed by atoms with Crippen molar-refractivity contribution >= 4 is 49.5 Å². The van der Waals surface area contributed by atoms with Gasteiger partial charge >= 0.3 is 0 Å². The summed E-state index contributed by atoms with van der Waals surface area (Å²) >= 11 is 0. The third kappa shape index (κ3) is 14.8. The van der Waals surface area contributed by atoms with E-state index in [1.54, 1.807) is 42.5 Å². The van der Waals surface area contributed by atoms with Crippen LogP contribution in [0, 0.1) is 13.8 Å². The molecule has 0 bridgehead atoms. The molecule has 7 aromatic rings. The van der Waals surface area contributed by atoms with E-state index in [1.807, 2.05) is 99.0 Å². The zero-order valence-corrected chi connectivity index (χ0v) is 37.3. The molecule has 5 aromatic carbocycles. The van der Waals surface area contributed by atoms with Crippen molar-refractivity contribution < 1.29 is 44.7 Å². The number of aryl methyl sites for hydroxylation is 4. The summed E-state index contributed by atoms with van der Waals surface area (Å²) in [7, 11) is -8.54. The highest BCUT2D eigenvalue weighted by Crippen LogP contribution is 2.22. The predicted octanol–water partition coefficient (Wildman–Crippen LogP) is 8.34. The van der Waals surface area contributed by atoms with Crippen LogP contribution in [0.1, 0.15) is 40.9 Å². The number of benzene rings is 5. The summed E-state index contributed by atoms with van der Waals surface area (Å²) in [5, 5.41) is 5.84. The van der Waals surface area contributed by atoms with Gasteiger partial charge in [-0.25, -0.2) is 26.0 Å². The maximum Gasteiger partial charge on any atom is 0.255 e. The molecule has 64 heavy (non-hydrogen) atoms. The van der Waals surface area contributed by atoms with Crippen LogP contribution in [0.3, 0.4) is 0 Å². The van der Waals surface area contributed by atoms with E-state index in [0.29, 0.717) is 5.56 Å². The number of nitrogens with zero attached hydrogens (tertiary/aromatic N) is 2. The molecule has 12 nitrogen and oxygen atoms in total. The van der Waals surface area contributed by atoms with Gasteiger partial charge in [0.05, 0.1) is 9.79 Å². The second kappa shape index (κ2) is 22.3. The quantitative estimate of drug-likeness (QED) is 0.0739. The van der Waals surface area contributed by atoms with E-state index in [4.69, 9.17) is 0 Å². The number of rotatable bonds is 11. The molecule has 328 valence electrons. The molecule has 0 aliphatic rings. The Balaban J connectivity index is 0.000000284. The van der Waals surface area contributed by atoms with Crippen LogP contribution in [0.2, 0.25) is 0 Å². The highest BCUT2D eigenvalue weighted by molar-refractivity contribution is 7.86. The molecule has 0 aliphatic carbocycles. The third-order valence-electron chi connectivity index (χ3n) is 9.63. The van der Waals surface area contributed by atoms with Crippen LogP contribution in [0.5, 0.6) is 0 Å². The van der Waals surface area contributed by atoms with Gasteiger partial charge in [0, 0.05) is 46.3 Å². The Labute approximate surface area is 374 Å². The number of pyridine rings is 2. The maximum absolute atomic E-state index is 12.8. The summed E-state index contributed by atoms with van der Waals surface area (Å²) < 4.78 is 66.6. The SMILES string of the molecule is CC[n+]1cccc(-c2ccc(NC(=O)C=Cc3ccc(C(=O)Nc4ccc(-c5ccc[n+](CC)c5)cc4)cc3)cc2)c1.Cc1ccc(S(=O)(=O)[O-])cc1.Cc1ccc(S(=O)(=O)[O-])cc1. The average Bonchev–Trinajstić information content (AvgIpc) is 3.29. The van der Waals surface area contributed by atoms with Crippen molar-refractivity contribution in [2.75, 3.05) is 10.6 Å². The largest absolute Gasteiger partial charge is 0.744 e. The number of hydrogen-bond donors (Lipinski definition) is 2.